The molecule has 0 heterocycles. The van der Waals surface area contributed by atoms with E-state index in [0.717, 1.165) is 12.1 Å². The first-order chi connectivity index (χ1) is 16.9. The van der Waals surface area contributed by atoms with Crippen molar-refractivity contribution in [2.45, 2.75) is 76.5 Å². The Balaban J connectivity index is 1.86. The zero-order chi connectivity index (χ0) is 26.9. The van der Waals surface area contributed by atoms with Gasteiger partial charge in [-0.1, -0.05) is 24.3 Å². The number of carbonyl (C=O) groups excluding carboxylic acids is 1. The summed E-state index contributed by atoms with van der Waals surface area (Å²) < 4.78 is 49.8. The van der Waals surface area contributed by atoms with Gasteiger partial charge in [-0.15, -0.1) is 0 Å². The van der Waals surface area contributed by atoms with Crippen molar-refractivity contribution in [3.8, 4) is 5.75 Å². The van der Waals surface area contributed by atoms with E-state index in [0.29, 0.717) is 29.3 Å². The number of carbonyl (C=O) groups is 1. The molecule has 2 rings (SSSR count). The number of halogens is 4. The second kappa shape index (κ2) is 14.3. The SMILES string of the molecule is CC(C)OC(=O)CCC/C=C\C[C@@H]1[C@@H](/C=C/[C@@H](O)COc2cc(C(F)(F)F)ccc2I)[C@H](O)C[C@@H]1O. The van der Waals surface area contributed by atoms with E-state index in [1.807, 2.05) is 34.7 Å². The summed E-state index contributed by atoms with van der Waals surface area (Å²) in [6, 6.07) is 3.16. The summed E-state index contributed by atoms with van der Waals surface area (Å²) in [6.45, 7) is 3.34. The first kappa shape index (κ1) is 30.6. The Labute approximate surface area is 223 Å². The van der Waals surface area contributed by atoms with Crippen LogP contribution >= 0.6 is 22.6 Å². The van der Waals surface area contributed by atoms with Crippen LogP contribution < -0.4 is 4.74 Å². The topological polar surface area (TPSA) is 96.2 Å². The van der Waals surface area contributed by atoms with Crippen LogP contribution in [0, 0.1) is 15.4 Å². The van der Waals surface area contributed by atoms with Gasteiger partial charge in [0.15, 0.2) is 0 Å². The van der Waals surface area contributed by atoms with Crippen molar-refractivity contribution in [1.82, 2.24) is 0 Å². The van der Waals surface area contributed by atoms with Crippen molar-refractivity contribution in [3.63, 3.8) is 0 Å². The Hall–Kier alpha value is -1.63. The molecule has 0 saturated heterocycles. The number of hydrogen-bond donors (Lipinski definition) is 3. The predicted octanol–water partition coefficient (Wildman–Crippen LogP) is 5.03. The van der Waals surface area contributed by atoms with Gasteiger partial charge in [0.2, 0.25) is 0 Å². The van der Waals surface area contributed by atoms with Crippen LogP contribution in [0.25, 0.3) is 0 Å². The fourth-order valence-corrected chi connectivity index (χ4v) is 4.53. The maximum atomic E-state index is 12.9. The lowest BCUT2D eigenvalue weighted by Gasteiger charge is -2.20. The zero-order valence-corrected chi connectivity index (χ0v) is 22.5. The molecule has 1 aliphatic rings. The fraction of sp³-hybridized carbons (Fsp3) is 0.577. The van der Waals surface area contributed by atoms with Crippen LogP contribution in [-0.4, -0.2) is 52.3 Å². The normalized spacial score (nSPS) is 23.6. The first-order valence-corrected chi connectivity index (χ1v) is 13.0. The smallest absolute Gasteiger partial charge is 0.416 e. The van der Waals surface area contributed by atoms with Crippen molar-refractivity contribution in [2.24, 2.45) is 11.8 Å². The van der Waals surface area contributed by atoms with E-state index in [9.17, 15) is 33.3 Å². The van der Waals surface area contributed by atoms with Crippen LogP contribution in [0.4, 0.5) is 13.2 Å². The van der Waals surface area contributed by atoms with Gasteiger partial charge in [-0.05, 0) is 79.8 Å². The van der Waals surface area contributed by atoms with E-state index in [2.05, 4.69) is 0 Å². The molecule has 1 aromatic rings. The molecule has 0 amide bonds. The highest BCUT2D eigenvalue weighted by Gasteiger charge is 2.39. The van der Waals surface area contributed by atoms with E-state index in [1.165, 1.54) is 12.1 Å². The van der Waals surface area contributed by atoms with E-state index in [4.69, 9.17) is 9.47 Å². The van der Waals surface area contributed by atoms with Crippen LogP contribution in [0.15, 0.2) is 42.5 Å². The van der Waals surface area contributed by atoms with E-state index in [-0.39, 0.29) is 36.8 Å². The van der Waals surface area contributed by atoms with Crippen molar-refractivity contribution in [1.29, 1.82) is 0 Å². The lowest BCUT2D eigenvalue weighted by atomic mass is 9.89. The first-order valence-electron chi connectivity index (χ1n) is 11.9. The maximum Gasteiger partial charge on any atom is 0.416 e. The largest absolute Gasteiger partial charge is 0.489 e. The lowest BCUT2D eigenvalue weighted by Crippen LogP contribution is -2.21. The third-order valence-corrected chi connectivity index (χ3v) is 6.72. The summed E-state index contributed by atoms with van der Waals surface area (Å²) in [5.41, 5.74) is -0.836. The van der Waals surface area contributed by atoms with Crippen LogP contribution in [0.3, 0.4) is 0 Å². The number of allylic oxidation sites excluding steroid dienone is 2. The molecule has 1 saturated carbocycles. The number of esters is 1. The zero-order valence-electron chi connectivity index (χ0n) is 20.3. The molecule has 1 fully saturated rings. The molecule has 0 unspecified atom stereocenters. The maximum absolute atomic E-state index is 12.9. The minimum atomic E-state index is -4.50. The summed E-state index contributed by atoms with van der Waals surface area (Å²) >= 11 is 1.86. The Morgan fingerprint density at radius 1 is 1.22 bits per heavy atom. The molecular weight excluding hydrogens is 592 g/mol. The predicted molar refractivity (Wildman–Crippen MR) is 137 cm³/mol. The second-order valence-corrected chi connectivity index (χ2v) is 10.3. The van der Waals surface area contributed by atoms with Gasteiger partial charge in [-0.3, -0.25) is 4.79 Å². The number of benzene rings is 1. The Morgan fingerprint density at radius 2 is 1.94 bits per heavy atom. The number of hydrogen-bond acceptors (Lipinski definition) is 6. The summed E-state index contributed by atoms with van der Waals surface area (Å²) in [5, 5.41) is 31.0. The van der Waals surface area contributed by atoms with Crippen molar-refractivity contribution < 1.29 is 42.8 Å². The highest BCUT2D eigenvalue weighted by molar-refractivity contribution is 14.1. The third kappa shape index (κ3) is 10.0. The van der Waals surface area contributed by atoms with Crippen molar-refractivity contribution >= 4 is 28.6 Å². The van der Waals surface area contributed by atoms with Crippen LogP contribution in [0.2, 0.25) is 0 Å². The molecule has 1 aliphatic carbocycles. The number of aliphatic hydroxyl groups excluding tert-OH is 3. The minimum Gasteiger partial charge on any atom is -0.489 e. The van der Waals surface area contributed by atoms with Gasteiger partial charge in [-0.25, -0.2) is 0 Å². The molecule has 0 bridgehead atoms. The molecule has 36 heavy (non-hydrogen) atoms. The molecule has 0 radical (unpaired) electrons. The molecule has 10 heteroatoms. The average Bonchev–Trinajstić information content (AvgIpc) is 3.04. The summed E-state index contributed by atoms with van der Waals surface area (Å²) in [7, 11) is 0. The molecule has 6 nitrogen and oxygen atoms in total. The monoisotopic (exact) mass is 626 g/mol. The average molecular weight is 626 g/mol. The Kier molecular flexibility index (Phi) is 12.2. The summed E-state index contributed by atoms with van der Waals surface area (Å²) in [4.78, 5) is 11.6. The Bertz CT molecular complexity index is 902. The van der Waals surface area contributed by atoms with Crippen LogP contribution in [-0.2, 0) is 15.7 Å². The van der Waals surface area contributed by atoms with Crippen LogP contribution in [0.5, 0.6) is 5.75 Å². The summed E-state index contributed by atoms with van der Waals surface area (Å²) in [6.07, 6.45) is 2.07. The van der Waals surface area contributed by atoms with Gasteiger partial charge in [0.25, 0.3) is 0 Å². The van der Waals surface area contributed by atoms with Crippen LogP contribution in [0.1, 0.15) is 51.5 Å². The van der Waals surface area contributed by atoms with E-state index < -0.39 is 36.0 Å². The lowest BCUT2D eigenvalue weighted by molar-refractivity contribution is -0.147. The van der Waals surface area contributed by atoms with Gasteiger partial charge in [0.1, 0.15) is 18.5 Å². The van der Waals surface area contributed by atoms with E-state index >= 15 is 0 Å². The highest BCUT2D eigenvalue weighted by atomic mass is 127. The van der Waals surface area contributed by atoms with Gasteiger partial charge in [0.05, 0.1) is 27.4 Å². The molecule has 0 aromatic heterocycles. The van der Waals surface area contributed by atoms with Gasteiger partial charge in [0, 0.05) is 18.8 Å². The third-order valence-electron chi connectivity index (χ3n) is 5.83. The van der Waals surface area contributed by atoms with E-state index in [1.54, 1.807) is 19.9 Å². The van der Waals surface area contributed by atoms with Crippen molar-refractivity contribution in [3.05, 3.63) is 51.6 Å². The quantitative estimate of drug-likeness (QED) is 0.130. The molecule has 0 spiro atoms. The number of ether oxygens (including phenoxy) is 2. The molecular formula is C26H34F3IO6. The number of alkyl halides is 3. The van der Waals surface area contributed by atoms with Gasteiger partial charge < -0.3 is 24.8 Å². The molecule has 5 atom stereocenters. The number of unbranched alkanes of at least 4 members (excludes halogenated alkanes) is 1. The molecule has 202 valence electrons. The number of rotatable bonds is 12. The molecule has 0 aliphatic heterocycles. The number of aliphatic hydroxyl groups is 3. The highest BCUT2D eigenvalue weighted by Crippen LogP contribution is 2.37. The Morgan fingerprint density at radius 3 is 2.61 bits per heavy atom. The fourth-order valence-electron chi connectivity index (χ4n) is 4.04. The van der Waals surface area contributed by atoms with Gasteiger partial charge >= 0.3 is 12.1 Å². The van der Waals surface area contributed by atoms with Gasteiger partial charge in [-0.2, -0.15) is 13.2 Å². The molecule has 3 N–H and O–H groups in total. The second-order valence-electron chi connectivity index (χ2n) is 9.16. The van der Waals surface area contributed by atoms with Crippen molar-refractivity contribution in [2.75, 3.05) is 6.61 Å². The minimum absolute atomic E-state index is 0.0229. The standard InChI is InChI=1S/C26H34F3IO6/c1-16(2)36-25(34)8-6-4-3-5-7-19-20(23(33)14-22(19)32)11-10-18(31)15-35-24-13-17(26(27,28)29)9-12-21(24)30/h3,5,9-13,16,18-20,22-23,31-33H,4,6-8,14-15H2,1-2H3/b5-3-,11-10+/t18-,19-,20-,22+,23-/m1/s1. The summed E-state index contributed by atoms with van der Waals surface area (Å²) in [5.74, 6) is -0.858. The molecule has 1 aromatic carbocycles.